The zero-order valence-electron chi connectivity index (χ0n) is 18.6. The lowest BCUT2D eigenvalue weighted by molar-refractivity contribution is -0.911. The molecule has 0 bridgehead atoms. The van der Waals surface area contributed by atoms with E-state index >= 15 is 0 Å². The number of rotatable bonds is 17. The molecular formula is C26H44ClN. The second-order valence-electron chi connectivity index (χ2n) is 8.42. The van der Waals surface area contributed by atoms with Gasteiger partial charge in [0.2, 0.25) is 0 Å². The molecule has 1 aromatic carbocycles. The van der Waals surface area contributed by atoms with Crippen molar-refractivity contribution in [3.63, 3.8) is 0 Å². The molecule has 0 unspecified atom stereocenters. The van der Waals surface area contributed by atoms with Crippen molar-refractivity contribution in [2.45, 2.75) is 84.1 Å². The van der Waals surface area contributed by atoms with E-state index in [-0.39, 0.29) is 12.4 Å². The standard InChI is InChI=1S/C26H44N.ClH/c1-5-8-9-10-11-12-13-14-15-16-19-25-20-17-18-21-26(25)24-27(4,22-6-2)23-7-3;/h6-7,17-18,20-21H,2-3,5,8-16,19,22-24H2,1,4H3;1H/q+1;/p-1. The summed E-state index contributed by atoms with van der Waals surface area (Å²) in [7, 11) is 2.31. The fourth-order valence-corrected chi connectivity index (χ4v) is 4.00. The Balaban J connectivity index is 0.00000729. The van der Waals surface area contributed by atoms with E-state index in [1.54, 1.807) is 0 Å². The van der Waals surface area contributed by atoms with Gasteiger partial charge in [0.25, 0.3) is 0 Å². The predicted molar refractivity (Wildman–Crippen MR) is 122 cm³/mol. The summed E-state index contributed by atoms with van der Waals surface area (Å²) in [5, 5.41) is 0. The molecular weight excluding hydrogens is 362 g/mol. The number of aryl methyl sites for hydroxylation is 1. The molecule has 0 aromatic heterocycles. The number of halogens is 1. The van der Waals surface area contributed by atoms with Gasteiger partial charge in [-0.05, 0) is 30.6 Å². The van der Waals surface area contributed by atoms with E-state index in [1.807, 2.05) is 12.2 Å². The van der Waals surface area contributed by atoms with Gasteiger partial charge in [0.1, 0.15) is 6.54 Å². The lowest BCUT2D eigenvalue weighted by Crippen LogP contribution is -3.00. The van der Waals surface area contributed by atoms with Crippen molar-refractivity contribution < 1.29 is 16.9 Å². The molecule has 0 fully saturated rings. The van der Waals surface area contributed by atoms with Gasteiger partial charge in [0, 0.05) is 5.56 Å². The van der Waals surface area contributed by atoms with Crippen LogP contribution in [-0.4, -0.2) is 24.6 Å². The minimum Gasteiger partial charge on any atom is -1.00 e. The molecule has 160 valence electrons. The monoisotopic (exact) mass is 405 g/mol. The SMILES string of the molecule is C=CC[N+](C)(CC=C)Cc1ccccc1CCCCCCCCCCCC.[Cl-]. The summed E-state index contributed by atoms with van der Waals surface area (Å²) in [4.78, 5) is 0. The Morgan fingerprint density at radius 2 is 1.21 bits per heavy atom. The van der Waals surface area contributed by atoms with E-state index < -0.39 is 0 Å². The van der Waals surface area contributed by atoms with E-state index in [9.17, 15) is 0 Å². The largest absolute Gasteiger partial charge is 1.00 e. The summed E-state index contributed by atoms with van der Waals surface area (Å²) >= 11 is 0. The highest BCUT2D eigenvalue weighted by Crippen LogP contribution is 2.19. The number of hydrogen-bond donors (Lipinski definition) is 0. The number of benzene rings is 1. The summed E-state index contributed by atoms with van der Waals surface area (Å²) in [6.07, 6.45) is 19.3. The fourth-order valence-electron chi connectivity index (χ4n) is 4.00. The van der Waals surface area contributed by atoms with Gasteiger partial charge in [0.15, 0.2) is 0 Å². The number of quaternary nitrogens is 1. The number of hydrogen-bond acceptors (Lipinski definition) is 0. The average molecular weight is 406 g/mol. The van der Waals surface area contributed by atoms with Gasteiger partial charge >= 0.3 is 0 Å². The quantitative estimate of drug-likeness (QED) is 0.204. The molecule has 28 heavy (non-hydrogen) atoms. The van der Waals surface area contributed by atoms with Gasteiger partial charge in [-0.15, -0.1) is 0 Å². The van der Waals surface area contributed by atoms with Crippen LogP contribution in [0, 0.1) is 0 Å². The summed E-state index contributed by atoms with van der Waals surface area (Å²) in [6.45, 7) is 13.2. The Bertz CT molecular complexity index is 513. The molecule has 0 radical (unpaired) electrons. The second kappa shape index (κ2) is 16.9. The van der Waals surface area contributed by atoms with Gasteiger partial charge < -0.3 is 16.9 Å². The van der Waals surface area contributed by atoms with Crippen LogP contribution in [0.3, 0.4) is 0 Å². The van der Waals surface area contributed by atoms with Crippen LogP contribution < -0.4 is 12.4 Å². The summed E-state index contributed by atoms with van der Waals surface area (Å²) in [6, 6.07) is 9.02. The van der Waals surface area contributed by atoms with Crippen LogP contribution in [0.5, 0.6) is 0 Å². The number of nitrogens with zero attached hydrogens (tertiary/aromatic N) is 1. The van der Waals surface area contributed by atoms with Crippen molar-refractivity contribution >= 4 is 0 Å². The molecule has 0 aliphatic rings. The molecule has 0 heterocycles. The van der Waals surface area contributed by atoms with Crippen LogP contribution >= 0.6 is 0 Å². The third-order valence-electron chi connectivity index (χ3n) is 5.61. The molecule has 0 saturated heterocycles. The van der Waals surface area contributed by atoms with E-state index in [0.717, 1.165) is 24.1 Å². The molecule has 1 rings (SSSR count). The molecule has 0 N–H and O–H groups in total. The maximum atomic E-state index is 3.95. The van der Waals surface area contributed by atoms with E-state index in [2.05, 4.69) is 51.4 Å². The number of likely N-dealkylation sites (N-methyl/N-ethyl adjacent to an activating group) is 1. The van der Waals surface area contributed by atoms with Crippen molar-refractivity contribution in [3.05, 3.63) is 60.7 Å². The van der Waals surface area contributed by atoms with E-state index in [4.69, 9.17) is 0 Å². The first-order valence-electron chi connectivity index (χ1n) is 11.3. The first-order chi connectivity index (χ1) is 13.1. The Labute approximate surface area is 181 Å². The highest BCUT2D eigenvalue weighted by molar-refractivity contribution is 5.26. The van der Waals surface area contributed by atoms with Gasteiger partial charge in [-0.2, -0.15) is 0 Å². The smallest absolute Gasteiger partial charge is 0.105 e. The lowest BCUT2D eigenvalue weighted by atomic mass is 9.99. The minimum absolute atomic E-state index is 0. The molecule has 1 nitrogen and oxygen atoms in total. The summed E-state index contributed by atoms with van der Waals surface area (Å²) in [5.74, 6) is 0. The fraction of sp³-hybridized carbons (Fsp3) is 0.615. The summed E-state index contributed by atoms with van der Waals surface area (Å²) in [5.41, 5.74) is 3.04. The summed E-state index contributed by atoms with van der Waals surface area (Å²) < 4.78 is 0.960. The van der Waals surface area contributed by atoms with Gasteiger partial charge in [0.05, 0.1) is 20.1 Å². The average Bonchev–Trinajstić information content (AvgIpc) is 2.65. The van der Waals surface area contributed by atoms with Crippen molar-refractivity contribution in [2.75, 3.05) is 20.1 Å². The Kier molecular flexibility index (Phi) is 16.2. The zero-order valence-corrected chi connectivity index (χ0v) is 19.4. The van der Waals surface area contributed by atoms with Gasteiger partial charge in [-0.3, -0.25) is 0 Å². The lowest BCUT2D eigenvalue weighted by Gasteiger charge is -2.33. The highest BCUT2D eigenvalue weighted by atomic mass is 35.5. The van der Waals surface area contributed by atoms with Gasteiger partial charge in [-0.1, -0.05) is 102 Å². The van der Waals surface area contributed by atoms with Crippen LogP contribution in [-0.2, 0) is 13.0 Å². The van der Waals surface area contributed by atoms with Crippen LogP contribution in [0.25, 0.3) is 0 Å². The zero-order chi connectivity index (χ0) is 19.8. The maximum Gasteiger partial charge on any atom is 0.105 e. The van der Waals surface area contributed by atoms with Crippen LogP contribution in [0.2, 0.25) is 0 Å². The molecule has 0 saturated carbocycles. The molecule has 2 heteroatoms. The van der Waals surface area contributed by atoms with Crippen LogP contribution in [0.15, 0.2) is 49.6 Å². The molecule has 0 atom stereocenters. The molecule has 0 amide bonds. The second-order valence-corrected chi connectivity index (χ2v) is 8.42. The maximum absolute atomic E-state index is 3.95. The first-order valence-corrected chi connectivity index (χ1v) is 11.3. The normalized spacial score (nSPS) is 11.1. The molecule has 1 aromatic rings. The Morgan fingerprint density at radius 1 is 0.750 bits per heavy atom. The predicted octanol–water partition coefficient (Wildman–Crippen LogP) is 4.47. The minimum atomic E-state index is 0. The van der Waals surface area contributed by atoms with Crippen molar-refractivity contribution in [1.82, 2.24) is 0 Å². The third-order valence-corrected chi connectivity index (χ3v) is 5.61. The van der Waals surface area contributed by atoms with Crippen molar-refractivity contribution in [2.24, 2.45) is 0 Å². The Hall–Kier alpha value is -1.05. The topological polar surface area (TPSA) is 0 Å². The van der Waals surface area contributed by atoms with Gasteiger partial charge in [-0.25, -0.2) is 0 Å². The van der Waals surface area contributed by atoms with E-state index in [0.29, 0.717) is 0 Å². The van der Waals surface area contributed by atoms with Crippen molar-refractivity contribution in [3.8, 4) is 0 Å². The first kappa shape index (κ1) is 27.0. The third kappa shape index (κ3) is 11.7. The van der Waals surface area contributed by atoms with Crippen molar-refractivity contribution in [1.29, 1.82) is 0 Å². The van der Waals surface area contributed by atoms with Crippen LogP contribution in [0.4, 0.5) is 0 Å². The Morgan fingerprint density at radius 3 is 1.71 bits per heavy atom. The molecule has 0 aliphatic heterocycles. The molecule has 0 spiro atoms. The van der Waals surface area contributed by atoms with Crippen LogP contribution in [0.1, 0.15) is 82.3 Å². The molecule has 0 aliphatic carbocycles. The van der Waals surface area contributed by atoms with E-state index in [1.165, 1.54) is 81.8 Å². The number of unbranched alkanes of at least 4 members (excludes halogenated alkanes) is 9. The highest BCUT2D eigenvalue weighted by Gasteiger charge is 2.20.